The monoisotopic (exact) mass is 280 g/mol. The quantitative estimate of drug-likeness (QED) is 0.240. The second-order valence-corrected chi connectivity index (χ2v) is 4.73. The van der Waals surface area contributed by atoms with E-state index in [9.17, 15) is 0 Å². The van der Waals surface area contributed by atoms with Gasteiger partial charge in [0.25, 0.3) is 0 Å². The Balaban J connectivity index is 3.36. The van der Waals surface area contributed by atoms with E-state index in [1.807, 2.05) is 26.0 Å². The average Bonchev–Trinajstić information content (AvgIpc) is 2.45. The molecule has 0 aromatic heterocycles. The third-order valence-corrected chi connectivity index (χ3v) is 3.01. The van der Waals surface area contributed by atoms with Gasteiger partial charge in [-0.15, -0.1) is 0 Å². The predicted octanol–water partition coefficient (Wildman–Crippen LogP) is 5.41. The van der Waals surface area contributed by atoms with Crippen LogP contribution in [0.2, 0.25) is 0 Å². The molecule has 0 amide bonds. The van der Waals surface area contributed by atoms with Crippen LogP contribution in [0, 0.1) is 0 Å². The normalized spacial score (nSPS) is 11.9. The molecule has 0 atom stereocenters. The van der Waals surface area contributed by atoms with Crippen LogP contribution in [-0.2, 0) is 9.47 Å². The van der Waals surface area contributed by atoms with E-state index in [2.05, 4.69) is 18.7 Å². The molecule has 0 spiro atoms. The molecule has 0 bridgehead atoms. The SMILES string of the molecule is C=C/C=C/C=C\CCCCCCCC(OCC)OCC. The van der Waals surface area contributed by atoms with E-state index in [1.54, 1.807) is 6.08 Å². The first kappa shape index (κ1) is 19.1. The van der Waals surface area contributed by atoms with Gasteiger partial charge in [-0.1, -0.05) is 56.2 Å². The first-order valence-electron chi connectivity index (χ1n) is 8.02. The lowest BCUT2D eigenvalue weighted by molar-refractivity contribution is -0.140. The third-order valence-electron chi connectivity index (χ3n) is 3.01. The van der Waals surface area contributed by atoms with Crippen molar-refractivity contribution in [3.63, 3.8) is 0 Å². The molecule has 20 heavy (non-hydrogen) atoms. The summed E-state index contributed by atoms with van der Waals surface area (Å²) >= 11 is 0. The Morgan fingerprint density at radius 3 is 2.15 bits per heavy atom. The Kier molecular flexibility index (Phi) is 15.5. The Hall–Kier alpha value is -0.860. The fourth-order valence-electron chi connectivity index (χ4n) is 2.01. The predicted molar refractivity (Wildman–Crippen MR) is 87.8 cm³/mol. The highest BCUT2D eigenvalue weighted by atomic mass is 16.7. The molecule has 0 unspecified atom stereocenters. The highest BCUT2D eigenvalue weighted by Crippen LogP contribution is 2.11. The van der Waals surface area contributed by atoms with Crippen molar-refractivity contribution in [2.24, 2.45) is 0 Å². The summed E-state index contributed by atoms with van der Waals surface area (Å²) < 4.78 is 11.1. The van der Waals surface area contributed by atoms with Crippen LogP contribution in [-0.4, -0.2) is 19.5 Å². The molecule has 0 rings (SSSR count). The van der Waals surface area contributed by atoms with Gasteiger partial charge in [0.05, 0.1) is 0 Å². The molecular formula is C18H32O2. The van der Waals surface area contributed by atoms with Crippen molar-refractivity contribution in [3.8, 4) is 0 Å². The maximum Gasteiger partial charge on any atom is 0.157 e. The van der Waals surface area contributed by atoms with E-state index in [1.165, 1.54) is 38.5 Å². The van der Waals surface area contributed by atoms with Crippen molar-refractivity contribution in [3.05, 3.63) is 37.0 Å². The summed E-state index contributed by atoms with van der Waals surface area (Å²) in [6.07, 6.45) is 18.6. The van der Waals surface area contributed by atoms with Gasteiger partial charge in [-0.3, -0.25) is 0 Å². The topological polar surface area (TPSA) is 18.5 Å². The van der Waals surface area contributed by atoms with Crippen molar-refractivity contribution in [2.45, 2.75) is 65.1 Å². The number of ether oxygens (including phenoxy) is 2. The fourth-order valence-corrected chi connectivity index (χ4v) is 2.01. The zero-order chi connectivity index (χ0) is 14.9. The van der Waals surface area contributed by atoms with Crippen LogP contribution in [0.5, 0.6) is 0 Å². The van der Waals surface area contributed by atoms with Gasteiger partial charge in [0.15, 0.2) is 6.29 Å². The van der Waals surface area contributed by atoms with Gasteiger partial charge in [-0.2, -0.15) is 0 Å². The summed E-state index contributed by atoms with van der Waals surface area (Å²) in [7, 11) is 0. The maximum atomic E-state index is 5.53. The summed E-state index contributed by atoms with van der Waals surface area (Å²) in [5.74, 6) is 0. The van der Waals surface area contributed by atoms with E-state index in [4.69, 9.17) is 9.47 Å². The van der Waals surface area contributed by atoms with Crippen LogP contribution in [0.25, 0.3) is 0 Å². The zero-order valence-corrected chi connectivity index (χ0v) is 13.4. The molecule has 0 aromatic carbocycles. The van der Waals surface area contributed by atoms with Crippen molar-refractivity contribution < 1.29 is 9.47 Å². The lowest BCUT2D eigenvalue weighted by atomic mass is 10.1. The Labute approximate surface area is 125 Å². The molecule has 0 aliphatic carbocycles. The standard InChI is InChI=1S/C18H32O2/c1-4-7-8-9-10-11-12-13-14-15-16-17-18(19-5-2)20-6-3/h4,7-10,18H,1,5-6,11-17H2,2-3H3/b8-7+,10-9-. The first-order chi connectivity index (χ1) is 9.85. The molecule has 116 valence electrons. The summed E-state index contributed by atoms with van der Waals surface area (Å²) in [5, 5.41) is 0. The van der Waals surface area contributed by atoms with Crippen LogP contribution < -0.4 is 0 Å². The van der Waals surface area contributed by atoms with Crippen LogP contribution in [0.3, 0.4) is 0 Å². The largest absolute Gasteiger partial charge is 0.353 e. The van der Waals surface area contributed by atoms with E-state index in [0.29, 0.717) is 0 Å². The molecule has 0 aromatic rings. The molecule has 0 saturated carbocycles. The highest BCUT2D eigenvalue weighted by Gasteiger charge is 2.06. The van der Waals surface area contributed by atoms with Crippen molar-refractivity contribution in [1.82, 2.24) is 0 Å². The van der Waals surface area contributed by atoms with E-state index >= 15 is 0 Å². The molecular weight excluding hydrogens is 248 g/mol. The molecule has 0 aliphatic rings. The molecule has 0 fully saturated rings. The minimum absolute atomic E-state index is 0.00424. The fraction of sp³-hybridized carbons (Fsp3) is 0.667. The Bertz CT molecular complexity index is 250. The number of hydrogen-bond acceptors (Lipinski definition) is 2. The minimum atomic E-state index is 0.00424. The van der Waals surface area contributed by atoms with Gasteiger partial charge in [-0.05, 0) is 39.5 Å². The van der Waals surface area contributed by atoms with Gasteiger partial charge in [0.2, 0.25) is 0 Å². The summed E-state index contributed by atoms with van der Waals surface area (Å²) in [6.45, 7) is 9.14. The number of unbranched alkanes of at least 4 members (excludes halogenated alkanes) is 5. The van der Waals surface area contributed by atoms with Crippen LogP contribution in [0.1, 0.15) is 58.8 Å². The van der Waals surface area contributed by atoms with Gasteiger partial charge in [0.1, 0.15) is 0 Å². The maximum absolute atomic E-state index is 5.53. The average molecular weight is 280 g/mol. The van der Waals surface area contributed by atoms with Crippen molar-refractivity contribution in [2.75, 3.05) is 13.2 Å². The van der Waals surface area contributed by atoms with Gasteiger partial charge >= 0.3 is 0 Å². The van der Waals surface area contributed by atoms with E-state index < -0.39 is 0 Å². The summed E-state index contributed by atoms with van der Waals surface area (Å²) in [5.41, 5.74) is 0. The Morgan fingerprint density at radius 2 is 1.50 bits per heavy atom. The minimum Gasteiger partial charge on any atom is -0.353 e. The second-order valence-electron chi connectivity index (χ2n) is 4.73. The van der Waals surface area contributed by atoms with E-state index in [0.717, 1.165) is 19.6 Å². The lowest BCUT2D eigenvalue weighted by Crippen LogP contribution is -2.17. The molecule has 0 aliphatic heterocycles. The van der Waals surface area contributed by atoms with Crippen molar-refractivity contribution >= 4 is 0 Å². The molecule has 2 heteroatoms. The Morgan fingerprint density at radius 1 is 0.850 bits per heavy atom. The van der Waals surface area contributed by atoms with Gasteiger partial charge in [0, 0.05) is 13.2 Å². The second kappa shape index (κ2) is 16.2. The highest BCUT2D eigenvalue weighted by molar-refractivity contribution is 5.08. The smallest absolute Gasteiger partial charge is 0.157 e. The summed E-state index contributed by atoms with van der Waals surface area (Å²) in [4.78, 5) is 0. The van der Waals surface area contributed by atoms with Crippen LogP contribution in [0.15, 0.2) is 37.0 Å². The van der Waals surface area contributed by atoms with Crippen molar-refractivity contribution in [1.29, 1.82) is 0 Å². The van der Waals surface area contributed by atoms with Gasteiger partial charge in [-0.25, -0.2) is 0 Å². The first-order valence-corrected chi connectivity index (χ1v) is 8.02. The molecule has 0 radical (unpaired) electrons. The molecule has 2 nitrogen and oxygen atoms in total. The number of allylic oxidation sites excluding steroid dienone is 5. The summed E-state index contributed by atoms with van der Waals surface area (Å²) in [6, 6.07) is 0. The zero-order valence-electron chi connectivity index (χ0n) is 13.4. The molecule has 0 N–H and O–H groups in total. The number of rotatable bonds is 14. The molecule has 0 heterocycles. The third kappa shape index (κ3) is 13.6. The van der Waals surface area contributed by atoms with Crippen LogP contribution in [0.4, 0.5) is 0 Å². The van der Waals surface area contributed by atoms with E-state index in [-0.39, 0.29) is 6.29 Å². The van der Waals surface area contributed by atoms with Crippen LogP contribution >= 0.6 is 0 Å². The number of hydrogen-bond donors (Lipinski definition) is 0. The lowest BCUT2D eigenvalue weighted by Gasteiger charge is -2.16. The molecule has 0 saturated heterocycles. The van der Waals surface area contributed by atoms with Gasteiger partial charge < -0.3 is 9.47 Å².